The van der Waals surface area contributed by atoms with Crippen molar-refractivity contribution < 1.29 is 4.39 Å². The van der Waals surface area contributed by atoms with Crippen molar-refractivity contribution in [3.05, 3.63) is 52.1 Å². The zero-order valence-corrected chi connectivity index (χ0v) is 13.6. The lowest BCUT2D eigenvalue weighted by atomic mass is 10.1. The van der Waals surface area contributed by atoms with Gasteiger partial charge in [0.15, 0.2) is 0 Å². The van der Waals surface area contributed by atoms with Crippen LogP contribution >= 0.6 is 11.6 Å². The summed E-state index contributed by atoms with van der Waals surface area (Å²) in [6.07, 6.45) is 1.87. The van der Waals surface area contributed by atoms with E-state index in [0.717, 1.165) is 23.4 Å². The number of nitrogens with one attached hydrogen (secondary N) is 1. The summed E-state index contributed by atoms with van der Waals surface area (Å²) in [7, 11) is 0. The molecule has 0 aliphatic carbocycles. The zero-order valence-electron chi connectivity index (χ0n) is 12.9. The van der Waals surface area contributed by atoms with Crippen molar-refractivity contribution in [2.75, 3.05) is 0 Å². The van der Waals surface area contributed by atoms with Crippen molar-refractivity contribution in [2.24, 2.45) is 0 Å². The minimum absolute atomic E-state index is 0.0643. The Balaban J connectivity index is 2.13. The van der Waals surface area contributed by atoms with Crippen molar-refractivity contribution in [2.45, 2.75) is 46.3 Å². The quantitative estimate of drug-likeness (QED) is 0.927. The lowest BCUT2D eigenvalue weighted by Gasteiger charge is -2.20. The van der Waals surface area contributed by atoms with Crippen LogP contribution in [0, 0.1) is 12.7 Å². The number of hydrogen-bond donors (Lipinski definition) is 1. The first kappa shape index (κ1) is 16.0. The van der Waals surface area contributed by atoms with Gasteiger partial charge in [0.1, 0.15) is 5.82 Å². The van der Waals surface area contributed by atoms with Gasteiger partial charge in [-0.05, 0) is 45.4 Å². The van der Waals surface area contributed by atoms with E-state index in [1.165, 1.54) is 12.1 Å². The Morgan fingerprint density at radius 1 is 1.29 bits per heavy atom. The molecule has 0 saturated heterocycles. The van der Waals surface area contributed by atoms with Crippen molar-refractivity contribution in [1.29, 1.82) is 0 Å². The van der Waals surface area contributed by atoms with Crippen LogP contribution in [-0.4, -0.2) is 15.3 Å². The number of halogens is 2. The molecule has 0 radical (unpaired) electrons. The maximum atomic E-state index is 13.1. The Kier molecular flexibility index (Phi) is 4.69. The molecule has 0 aliphatic rings. The molecule has 3 nitrogen and oxygen atoms in total. The second kappa shape index (κ2) is 6.16. The standard InChI is InChI=1S/C16H21ClFN3/c1-11-13(8-19-16(2,3)4)9-20-21(11)10-12-5-6-14(18)7-15(12)17/h5-7,9,19H,8,10H2,1-4H3. The Hall–Kier alpha value is -1.39. The molecule has 0 unspecified atom stereocenters. The van der Waals surface area contributed by atoms with E-state index in [1.807, 2.05) is 17.8 Å². The maximum Gasteiger partial charge on any atom is 0.124 e. The summed E-state index contributed by atoms with van der Waals surface area (Å²) in [4.78, 5) is 0. The first-order valence-electron chi connectivity index (χ1n) is 6.96. The fourth-order valence-electron chi connectivity index (χ4n) is 1.99. The van der Waals surface area contributed by atoms with E-state index in [9.17, 15) is 4.39 Å². The van der Waals surface area contributed by atoms with E-state index in [-0.39, 0.29) is 11.4 Å². The summed E-state index contributed by atoms with van der Waals surface area (Å²) in [5, 5.41) is 8.28. The first-order chi connectivity index (χ1) is 9.76. The lowest BCUT2D eigenvalue weighted by Crippen LogP contribution is -2.35. The molecule has 2 rings (SSSR count). The van der Waals surface area contributed by atoms with Crippen molar-refractivity contribution in [3.63, 3.8) is 0 Å². The fraction of sp³-hybridized carbons (Fsp3) is 0.438. The average molecular weight is 310 g/mol. The van der Waals surface area contributed by atoms with E-state index >= 15 is 0 Å². The summed E-state index contributed by atoms with van der Waals surface area (Å²) in [6, 6.07) is 4.45. The molecule has 0 spiro atoms. The number of hydrogen-bond acceptors (Lipinski definition) is 2. The van der Waals surface area contributed by atoms with Gasteiger partial charge in [0.05, 0.1) is 12.7 Å². The molecule has 0 bridgehead atoms. The van der Waals surface area contributed by atoms with Crippen LogP contribution in [-0.2, 0) is 13.1 Å². The molecule has 0 atom stereocenters. The van der Waals surface area contributed by atoms with Crippen molar-refractivity contribution in [3.8, 4) is 0 Å². The third-order valence-corrected chi connectivity index (χ3v) is 3.70. The molecule has 0 saturated carbocycles. The van der Waals surface area contributed by atoms with Crippen LogP contribution in [0.2, 0.25) is 5.02 Å². The van der Waals surface area contributed by atoms with Gasteiger partial charge in [-0.25, -0.2) is 4.39 Å². The third-order valence-electron chi connectivity index (χ3n) is 3.35. The van der Waals surface area contributed by atoms with Crippen LogP contribution in [0.5, 0.6) is 0 Å². The highest BCUT2D eigenvalue weighted by molar-refractivity contribution is 6.31. The summed E-state index contributed by atoms with van der Waals surface area (Å²) < 4.78 is 15.0. The van der Waals surface area contributed by atoms with Crippen molar-refractivity contribution >= 4 is 11.6 Å². The van der Waals surface area contributed by atoms with Crippen LogP contribution < -0.4 is 5.32 Å². The maximum absolute atomic E-state index is 13.1. The van der Waals surface area contributed by atoms with Crippen molar-refractivity contribution in [1.82, 2.24) is 15.1 Å². The van der Waals surface area contributed by atoms with Crippen LogP contribution in [0.25, 0.3) is 0 Å². The Bertz CT molecular complexity index is 629. The van der Waals surface area contributed by atoms with Gasteiger partial charge in [-0.1, -0.05) is 17.7 Å². The highest BCUT2D eigenvalue weighted by Gasteiger charge is 2.13. The number of nitrogens with zero attached hydrogens (tertiary/aromatic N) is 2. The predicted molar refractivity (Wildman–Crippen MR) is 84.1 cm³/mol. The average Bonchev–Trinajstić information content (AvgIpc) is 2.71. The monoisotopic (exact) mass is 309 g/mol. The van der Waals surface area contributed by atoms with Crippen LogP contribution in [0.15, 0.2) is 24.4 Å². The molecule has 114 valence electrons. The molecule has 0 fully saturated rings. The van der Waals surface area contributed by atoms with E-state index < -0.39 is 0 Å². The van der Waals surface area contributed by atoms with Gasteiger partial charge in [0.25, 0.3) is 0 Å². The normalized spacial score (nSPS) is 11.9. The van der Waals surface area contributed by atoms with Gasteiger partial charge in [0.2, 0.25) is 0 Å². The van der Waals surface area contributed by atoms with E-state index in [4.69, 9.17) is 11.6 Å². The topological polar surface area (TPSA) is 29.9 Å². The highest BCUT2D eigenvalue weighted by atomic mass is 35.5. The molecular formula is C16H21ClFN3. The number of benzene rings is 1. The number of rotatable bonds is 4. The Morgan fingerprint density at radius 2 is 2.00 bits per heavy atom. The van der Waals surface area contributed by atoms with Gasteiger partial charge in [-0.2, -0.15) is 5.10 Å². The van der Waals surface area contributed by atoms with E-state index in [1.54, 1.807) is 6.07 Å². The molecule has 21 heavy (non-hydrogen) atoms. The number of aromatic nitrogens is 2. The van der Waals surface area contributed by atoms with Crippen LogP contribution in [0.3, 0.4) is 0 Å². The molecule has 0 aliphatic heterocycles. The summed E-state index contributed by atoms with van der Waals surface area (Å²) in [5.41, 5.74) is 3.17. The molecule has 1 N–H and O–H groups in total. The SMILES string of the molecule is Cc1c(CNC(C)(C)C)cnn1Cc1ccc(F)cc1Cl. The summed E-state index contributed by atoms with van der Waals surface area (Å²) >= 11 is 6.07. The zero-order chi connectivity index (χ0) is 15.6. The molecule has 1 aromatic carbocycles. The summed E-state index contributed by atoms with van der Waals surface area (Å²) in [5.74, 6) is -0.323. The second-order valence-corrected chi connectivity index (χ2v) is 6.66. The lowest BCUT2D eigenvalue weighted by molar-refractivity contribution is 0.423. The van der Waals surface area contributed by atoms with Gasteiger partial charge in [-0.15, -0.1) is 0 Å². The molecule has 1 aromatic heterocycles. The fourth-order valence-corrected chi connectivity index (χ4v) is 2.22. The van der Waals surface area contributed by atoms with Gasteiger partial charge < -0.3 is 5.32 Å². The summed E-state index contributed by atoms with van der Waals surface area (Å²) in [6.45, 7) is 9.73. The highest BCUT2D eigenvalue weighted by Crippen LogP contribution is 2.19. The molecule has 1 heterocycles. The van der Waals surface area contributed by atoms with Crippen LogP contribution in [0.4, 0.5) is 4.39 Å². The molecule has 0 amide bonds. The van der Waals surface area contributed by atoms with E-state index in [2.05, 4.69) is 31.2 Å². The smallest absolute Gasteiger partial charge is 0.124 e. The Morgan fingerprint density at radius 3 is 2.62 bits per heavy atom. The van der Waals surface area contributed by atoms with E-state index in [0.29, 0.717) is 11.6 Å². The van der Waals surface area contributed by atoms with Gasteiger partial charge >= 0.3 is 0 Å². The third kappa shape index (κ3) is 4.29. The minimum Gasteiger partial charge on any atom is -0.308 e. The molecular weight excluding hydrogens is 289 g/mol. The van der Waals surface area contributed by atoms with Gasteiger partial charge in [0, 0.05) is 28.4 Å². The second-order valence-electron chi connectivity index (χ2n) is 6.25. The molecule has 2 aromatic rings. The predicted octanol–water partition coefficient (Wildman–Crippen LogP) is 3.92. The first-order valence-corrected chi connectivity index (χ1v) is 7.34. The minimum atomic E-state index is -0.323. The largest absolute Gasteiger partial charge is 0.308 e. The van der Waals surface area contributed by atoms with Crippen LogP contribution in [0.1, 0.15) is 37.6 Å². The Labute approximate surface area is 130 Å². The van der Waals surface area contributed by atoms with Gasteiger partial charge in [-0.3, -0.25) is 4.68 Å². The molecule has 5 heteroatoms.